The molecule has 2 N–H and O–H groups in total. The van der Waals surface area contributed by atoms with E-state index in [1.54, 1.807) is 0 Å². The zero-order valence-electron chi connectivity index (χ0n) is 14.1. The van der Waals surface area contributed by atoms with Crippen molar-refractivity contribution in [3.8, 4) is 12.3 Å². The molecule has 4 aliphatic rings. The van der Waals surface area contributed by atoms with E-state index in [0.29, 0.717) is 37.0 Å². The highest BCUT2D eigenvalue weighted by atomic mass is 16.3. The first-order chi connectivity index (χ1) is 10.8. The molecule has 4 saturated carbocycles. The molecule has 0 amide bonds. The van der Waals surface area contributed by atoms with Crippen LogP contribution in [-0.4, -0.2) is 27.2 Å². The summed E-state index contributed by atoms with van der Waals surface area (Å²) >= 11 is 0. The van der Waals surface area contributed by atoms with E-state index in [2.05, 4.69) is 12.8 Å². The summed E-state index contributed by atoms with van der Waals surface area (Å²) in [5, 5.41) is 22.0. The summed E-state index contributed by atoms with van der Waals surface area (Å²) in [6, 6.07) is 0. The van der Waals surface area contributed by atoms with Crippen LogP contribution in [0.15, 0.2) is 0 Å². The van der Waals surface area contributed by atoms with Gasteiger partial charge < -0.3 is 10.2 Å². The minimum Gasteiger partial charge on any atom is -0.389 e. The van der Waals surface area contributed by atoms with E-state index in [1.807, 2.05) is 0 Å². The topological polar surface area (TPSA) is 57.5 Å². The summed E-state index contributed by atoms with van der Waals surface area (Å²) < 4.78 is 0. The summed E-state index contributed by atoms with van der Waals surface area (Å²) in [5.41, 5.74) is -1.90. The van der Waals surface area contributed by atoms with Crippen LogP contribution in [0.3, 0.4) is 0 Å². The Balaban J connectivity index is 1.64. The number of carbonyl (C=O) groups is 1. The number of hydrogen-bond donors (Lipinski definition) is 2. The number of aliphatic hydroxyl groups is 2. The molecule has 3 heteroatoms. The van der Waals surface area contributed by atoms with E-state index >= 15 is 0 Å². The lowest BCUT2D eigenvalue weighted by Crippen LogP contribution is -2.58. The van der Waals surface area contributed by atoms with Crippen molar-refractivity contribution >= 4 is 5.78 Å². The van der Waals surface area contributed by atoms with Gasteiger partial charge in [0.25, 0.3) is 0 Å². The predicted octanol–water partition coefficient (Wildman–Crippen LogP) is 2.69. The molecule has 0 aromatic carbocycles. The maximum atomic E-state index is 11.8. The lowest BCUT2D eigenvalue weighted by molar-refractivity contribution is -0.168. The molecule has 0 unspecified atom stereocenters. The monoisotopic (exact) mass is 316 g/mol. The molecule has 0 aliphatic heterocycles. The Labute approximate surface area is 138 Å². The Bertz CT molecular complexity index is 578. The van der Waals surface area contributed by atoms with Crippen LogP contribution in [-0.2, 0) is 4.79 Å². The van der Waals surface area contributed by atoms with Gasteiger partial charge in [0.15, 0.2) is 0 Å². The Hall–Kier alpha value is -0.850. The van der Waals surface area contributed by atoms with E-state index < -0.39 is 11.2 Å². The Kier molecular flexibility index (Phi) is 3.29. The number of ketones is 1. The fourth-order valence-corrected chi connectivity index (χ4v) is 6.93. The van der Waals surface area contributed by atoms with Gasteiger partial charge in [-0.15, -0.1) is 6.42 Å². The van der Waals surface area contributed by atoms with Crippen LogP contribution in [0, 0.1) is 41.4 Å². The Morgan fingerprint density at radius 1 is 1.04 bits per heavy atom. The van der Waals surface area contributed by atoms with Gasteiger partial charge >= 0.3 is 0 Å². The standard InChI is InChI=1S/C20H28O3/c1-3-20(23)11-8-16-14-7-10-19(22)12-13(21)4-5-17(19)15(14)6-9-18(16,20)2/h1,14-17,22-23H,4-12H2,2H3/t14-,15+,16+,17-,18+,19-,20+/m1/s1. The van der Waals surface area contributed by atoms with Gasteiger partial charge in [-0.3, -0.25) is 4.79 Å². The largest absolute Gasteiger partial charge is 0.389 e. The maximum Gasteiger partial charge on any atom is 0.135 e. The first-order valence-electron chi connectivity index (χ1n) is 9.27. The van der Waals surface area contributed by atoms with Gasteiger partial charge in [-0.1, -0.05) is 12.8 Å². The van der Waals surface area contributed by atoms with E-state index in [9.17, 15) is 15.0 Å². The first-order valence-corrected chi connectivity index (χ1v) is 9.27. The third-order valence-electron chi connectivity index (χ3n) is 8.24. The molecule has 4 rings (SSSR count). The smallest absolute Gasteiger partial charge is 0.135 e. The quantitative estimate of drug-likeness (QED) is 0.676. The molecule has 126 valence electrons. The highest BCUT2D eigenvalue weighted by Gasteiger charge is 2.64. The van der Waals surface area contributed by atoms with Crippen LogP contribution in [0.1, 0.15) is 64.7 Å². The van der Waals surface area contributed by atoms with Crippen molar-refractivity contribution in [3.63, 3.8) is 0 Å². The number of terminal acetylenes is 1. The molecule has 0 heterocycles. The third kappa shape index (κ3) is 1.94. The summed E-state index contributed by atoms with van der Waals surface area (Å²) in [7, 11) is 0. The average Bonchev–Trinajstić information content (AvgIpc) is 2.78. The lowest BCUT2D eigenvalue weighted by atomic mass is 9.48. The molecule has 0 radical (unpaired) electrons. The van der Waals surface area contributed by atoms with Gasteiger partial charge in [0, 0.05) is 18.3 Å². The predicted molar refractivity (Wildman–Crippen MR) is 87.4 cm³/mol. The second-order valence-corrected chi connectivity index (χ2v) is 8.94. The molecule has 0 bridgehead atoms. The maximum absolute atomic E-state index is 11.8. The fraction of sp³-hybridized carbons (Fsp3) is 0.850. The van der Waals surface area contributed by atoms with Crippen LogP contribution in [0.2, 0.25) is 0 Å². The van der Waals surface area contributed by atoms with Crippen molar-refractivity contribution in [2.45, 2.75) is 75.9 Å². The summed E-state index contributed by atoms with van der Waals surface area (Å²) in [4.78, 5) is 11.8. The van der Waals surface area contributed by atoms with Gasteiger partial charge in [-0.25, -0.2) is 0 Å². The molecule has 0 aromatic rings. The molecular weight excluding hydrogens is 288 g/mol. The van der Waals surface area contributed by atoms with Gasteiger partial charge in [-0.2, -0.15) is 0 Å². The van der Waals surface area contributed by atoms with E-state index in [0.717, 1.165) is 38.5 Å². The van der Waals surface area contributed by atoms with Crippen molar-refractivity contribution in [3.05, 3.63) is 0 Å². The van der Waals surface area contributed by atoms with E-state index in [4.69, 9.17) is 6.42 Å². The molecule has 4 fully saturated rings. The van der Waals surface area contributed by atoms with Crippen molar-refractivity contribution in [1.29, 1.82) is 0 Å². The third-order valence-corrected chi connectivity index (χ3v) is 8.24. The van der Waals surface area contributed by atoms with Crippen LogP contribution in [0.25, 0.3) is 0 Å². The van der Waals surface area contributed by atoms with Crippen LogP contribution < -0.4 is 0 Å². The number of rotatable bonds is 0. The van der Waals surface area contributed by atoms with Crippen molar-refractivity contribution < 1.29 is 15.0 Å². The molecule has 0 aromatic heterocycles. The molecule has 7 atom stereocenters. The highest BCUT2D eigenvalue weighted by Crippen LogP contribution is 2.65. The molecule has 3 nitrogen and oxygen atoms in total. The van der Waals surface area contributed by atoms with Gasteiger partial charge in [0.05, 0.1) is 5.60 Å². The van der Waals surface area contributed by atoms with Crippen LogP contribution in [0.5, 0.6) is 0 Å². The molecule has 4 aliphatic carbocycles. The lowest BCUT2D eigenvalue weighted by Gasteiger charge is -2.58. The summed E-state index contributed by atoms with van der Waals surface area (Å²) in [6.45, 7) is 2.19. The molecule has 0 saturated heterocycles. The second kappa shape index (κ2) is 4.83. The Morgan fingerprint density at radius 3 is 2.48 bits per heavy atom. The summed E-state index contributed by atoms with van der Waals surface area (Å²) in [6.07, 6.45) is 12.9. The van der Waals surface area contributed by atoms with Gasteiger partial charge in [-0.05, 0) is 68.6 Å². The van der Waals surface area contributed by atoms with Gasteiger partial charge in [0.2, 0.25) is 0 Å². The van der Waals surface area contributed by atoms with Gasteiger partial charge in [0.1, 0.15) is 11.4 Å². The molecule has 0 spiro atoms. The fourth-order valence-electron chi connectivity index (χ4n) is 6.93. The normalized spacial score (nSPS) is 55.5. The van der Waals surface area contributed by atoms with Crippen LogP contribution in [0.4, 0.5) is 0 Å². The SMILES string of the molecule is C#C[C@]1(O)CC[C@H]2[C@@H]3CC[C@@]4(O)CC(=O)CC[C@@H]4[C@H]3CC[C@@]21C. The molecular formula is C20H28O3. The number of hydrogen-bond acceptors (Lipinski definition) is 3. The average molecular weight is 316 g/mol. The zero-order valence-corrected chi connectivity index (χ0v) is 14.1. The Morgan fingerprint density at radius 2 is 1.74 bits per heavy atom. The number of Topliss-reactive ketones (excluding diaryl/α,β-unsaturated/α-hetero) is 1. The van der Waals surface area contributed by atoms with E-state index in [-0.39, 0.29) is 17.1 Å². The minimum absolute atomic E-state index is 0.178. The number of carbonyl (C=O) groups excluding carboxylic acids is 1. The van der Waals surface area contributed by atoms with Crippen molar-refractivity contribution in [2.75, 3.05) is 0 Å². The van der Waals surface area contributed by atoms with Crippen molar-refractivity contribution in [2.24, 2.45) is 29.1 Å². The second-order valence-electron chi connectivity index (χ2n) is 8.94. The first kappa shape index (κ1) is 15.7. The number of fused-ring (bicyclic) bond motifs is 5. The van der Waals surface area contributed by atoms with Crippen LogP contribution >= 0.6 is 0 Å². The zero-order chi connectivity index (χ0) is 16.5. The highest BCUT2D eigenvalue weighted by molar-refractivity contribution is 5.80. The molecule has 23 heavy (non-hydrogen) atoms. The minimum atomic E-state index is -0.959. The van der Waals surface area contributed by atoms with Crippen molar-refractivity contribution in [1.82, 2.24) is 0 Å². The summed E-state index contributed by atoms with van der Waals surface area (Å²) in [5.74, 6) is 4.71. The van der Waals surface area contributed by atoms with E-state index in [1.165, 1.54) is 0 Å².